The average molecular weight is 254 g/mol. The fourth-order valence-electron chi connectivity index (χ4n) is 2.87. The number of likely N-dealkylation sites (tertiary alicyclic amines) is 2. The van der Waals surface area contributed by atoms with E-state index in [0.29, 0.717) is 13.0 Å². The second-order valence-corrected chi connectivity index (χ2v) is 5.23. The van der Waals surface area contributed by atoms with Crippen LogP contribution in [0.4, 0.5) is 4.79 Å². The van der Waals surface area contributed by atoms with E-state index in [9.17, 15) is 9.59 Å². The molecule has 0 aromatic carbocycles. The smallest absolute Gasteiger partial charge is 0.326 e. The van der Waals surface area contributed by atoms with Gasteiger partial charge in [0.15, 0.2) is 0 Å². The van der Waals surface area contributed by atoms with Crippen LogP contribution in [0.25, 0.3) is 0 Å². The van der Waals surface area contributed by atoms with Crippen LogP contribution in [0, 0.1) is 0 Å². The molecule has 0 saturated carbocycles. The van der Waals surface area contributed by atoms with E-state index in [1.54, 1.807) is 4.90 Å². The van der Waals surface area contributed by atoms with E-state index in [2.05, 4.69) is 0 Å². The molecule has 0 aliphatic carbocycles. The molecular formula is C13H22N2O3. The van der Waals surface area contributed by atoms with Crippen molar-refractivity contribution in [2.24, 2.45) is 0 Å². The summed E-state index contributed by atoms with van der Waals surface area (Å²) >= 11 is 0. The highest BCUT2D eigenvalue weighted by molar-refractivity contribution is 5.83. The van der Waals surface area contributed by atoms with Gasteiger partial charge in [0.2, 0.25) is 0 Å². The van der Waals surface area contributed by atoms with Gasteiger partial charge in [-0.1, -0.05) is 19.3 Å². The van der Waals surface area contributed by atoms with Gasteiger partial charge < -0.3 is 14.9 Å². The zero-order valence-corrected chi connectivity index (χ0v) is 10.8. The van der Waals surface area contributed by atoms with E-state index in [0.717, 1.165) is 32.4 Å². The summed E-state index contributed by atoms with van der Waals surface area (Å²) in [6.07, 6.45) is 7.07. The molecule has 2 fully saturated rings. The van der Waals surface area contributed by atoms with Gasteiger partial charge >= 0.3 is 12.0 Å². The first-order valence-corrected chi connectivity index (χ1v) is 6.98. The summed E-state index contributed by atoms with van der Waals surface area (Å²) in [6, 6.07) is -0.676. The lowest BCUT2D eigenvalue weighted by Gasteiger charge is -2.31. The van der Waals surface area contributed by atoms with Crippen molar-refractivity contribution in [2.45, 2.75) is 51.0 Å². The van der Waals surface area contributed by atoms with E-state index in [1.807, 2.05) is 4.90 Å². The summed E-state index contributed by atoms with van der Waals surface area (Å²) in [6.45, 7) is 2.15. The van der Waals surface area contributed by atoms with Gasteiger partial charge in [0, 0.05) is 19.6 Å². The van der Waals surface area contributed by atoms with Crippen molar-refractivity contribution in [3.05, 3.63) is 0 Å². The summed E-state index contributed by atoms with van der Waals surface area (Å²) in [5.41, 5.74) is 0. The Bertz CT molecular complexity index is 311. The molecule has 1 atom stereocenters. The molecule has 1 N–H and O–H groups in total. The molecule has 0 bridgehead atoms. The van der Waals surface area contributed by atoms with E-state index in [1.165, 1.54) is 19.3 Å². The number of carbonyl (C=O) groups is 2. The van der Waals surface area contributed by atoms with Crippen LogP contribution in [0.5, 0.6) is 0 Å². The van der Waals surface area contributed by atoms with Gasteiger partial charge in [-0.25, -0.2) is 9.59 Å². The number of carbonyl (C=O) groups excluding carboxylic acids is 1. The third kappa shape index (κ3) is 2.94. The predicted molar refractivity (Wildman–Crippen MR) is 67.4 cm³/mol. The molecule has 0 aromatic rings. The van der Waals surface area contributed by atoms with Crippen LogP contribution in [0.2, 0.25) is 0 Å². The van der Waals surface area contributed by atoms with E-state index < -0.39 is 12.0 Å². The number of nitrogens with zero attached hydrogens (tertiary/aromatic N) is 2. The van der Waals surface area contributed by atoms with Crippen LogP contribution in [-0.4, -0.2) is 52.6 Å². The van der Waals surface area contributed by atoms with Crippen molar-refractivity contribution in [2.75, 3.05) is 19.6 Å². The van der Waals surface area contributed by atoms with Crippen LogP contribution >= 0.6 is 0 Å². The maximum Gasteiger partial charge on any atom is 0.326 e. The summed E-state index contributed by atoms with van der Waals surface area (Å²) in [5.74, 6) is -0.868. The van der Waals surface area contributed by atoms with Crippen LogP contribution < -0.4 is 0 Å². The maximum atomic E-state index is 12.4. The Morgan fingerprint density at radius 1 is 0.889 bits per heavy atom. The van der Waals surface area contributed by atoms with Crippen molar-refractivity contribution in [1.82, 2.24) is 9.80 Å². The molecule has 2 saturated heterocycles. The Morgan fingerprint density at radius 3 is 2.11 bits per heavy atom. The van der Waals surface area contributed by atoms with Gasteiger partial charge in [0.05, 0.1) is 0 Å². The lowest BCUT2D eigenvalue weighted by molar-refractivity contribution is -0.141. The van der Waals surface area contributed by atoms with Crippen molar-refractivity contribution in [1.29, 1.82) is 0 Å². The number of rotatable bonds is 1. The molecule has 0 aromatic heterocycles. The Hall–Kier alpha value is -1.26. The van der Waals surface area contributed by atoms with E-state index >= 15 is 0 Å². The second kappa shape index (κ2) is 6.07. The summed E-state index contributed by atoms with van der Waals surface area (Å²) in [5, 5.41) is 9.12. The topological polar surface area (TPSA) is 60.9 Å². The first-order valence-electron chi connectivity index (χ1n) is 6.98. The standard InChI is InChI=1S/C13H22N2O3/c16-12(17)11-7-6-10-15(11)13(18)14-8-4-2-1-3-5-9-14/h11H,1-10H2,(H,16,17). The van der Waals surface area contributed by atoms with Gasteiger partial charge in [-0.2, -0.15) is 0 Å². The third-order valence-corrected chi connectivity index (χ3v) is 3.91. The molecule has 18 heavy (non-hydrogen) atoms. The van der Waals surface area contributed by atoms with Crippen LogP contribution in [0.3, 0.4) is 0 Å². The normalized spacial score (nSPS) is 25.7. The molecule has 1 unspecified atom stereocenters. The predicted octanol–water partition coefficient (Wildman–Crippen LogP) is 1.92. The fraction of sp³-hybridized carbons (Fsp3) is 0.846. The molecular weight excluding hydrogens is 232 g/mol. The number of hydrogen-bond donors (Lipinski definition) is 1. The van der Waals surface area contributed by atoms with Gasteiger partial charge in [-0.3, -0.25) is 0 Å². The number of hydrogen-bond acceptors (Lipinski definition) is 2. The van der Waals surface area contributed by atoms with Crippen molar-refractivity contribution in [3.63, 3.8) is 0 Å². The number of urea groups is 1. The van der Waals surface area contributed by atoms with Gasteiger partial charge in [0.25, 0.3) is 0 Å². The summed E-state index contributed by atoms with van der Waals surface area (Å²) < 4.78 is 0. The Morgan fingerprint density at radius 2 is 1.50 bits per heavy atom. The number of amides is 2. The zero-order chi connectivity index (χ0) is 13.0. The number of carboxylic acid groups (broad SMARTS) is 1. The molecule has 2 aliphatic heterocycles. The molecule has 5 nitrogen and oxygen atoms in total. The highest BCUT2D eigenvalue weighted by atomic mass is 16.4. The SMILES string of the molecule is O=C(O)C1CCCN1C(=O)N1CCCCCCC1. The first-order chi connectivity index (χ1) is 8.70. The van der Waals surface area contributed by atoms with Crippen LogP contribution in [-0.2, 0) is 4.79 Å². The zero-order valence-electron chi connectivity index (χ0n) is 10.8. The quantitative estimate of drug-likeness (QED) is 0.777. The summed E-state index contributed by atoms with van der Waals surface area (Å²) in [4.78, 5) is 26.9. The molecule has 0 radical (unpaired) electrons. The number of aliphatic carboxylic acids is 1. The lowest BCUT2D eigenvalue weighted by Crippen LogP contribution is -2.48. The minimum Gasteiger partial charge on any atom is -0.480 e. The van der Waals surface area contributed by atoms with Crippen molar-refractivity contribution >= 4 is 12.0 Å². The molecule has 2 aliphatic rings. The Labute approximate surface area is 108 Å². The molecule has 102 valence electrons. The minimum atomic E-state index is -0.868. The monoisotopic (exact) mass is 254 g/mol. The molecule has 2 rings (SSSR count). The molecule has 2 amide bonds. The van der Waals surface area contributed by atoms with Crippen molar-refractivity contribution in [3.8, 4) is 0 Å². The Balaban J connectivity index is 1.98. The first kappa shape index (κ1) is 13.2. The molecule has 0 spiro atoms. The van der Waals surface area contributed by atoms with E-state index in [4.69, 9.17) is 5.11 Å². The van der Waals surface area contributed by atoms with Crippen LogP contribution in [0.15, 0.2) is 0 Å². The molecule has 2 heterocycles. The highest BCUT2D eigenvalue weighted by Gasteiger charge is 2.36. The van der Waals surface area contributed by atoms with Crippen molar-refractivity contribution < 1.29 is 14.7 Å². The lowest BCUT2D eigenvalue weighted by atomic mass is 10.1. The van der Waals surface area contributed by atoms with Gasteiger partial charge in [-0.05, 0) is 25.7 Å². The third-order valence-electron chi connectivity index (χ3n) is 3.91. The second-order valence-electron chi connectivity index (χ2n) is 5.23. The van der Waals surface area contributed by atoms with Crippen LogP contribution in [0.1, 0.15) is 44.9 Å². The minimum absolute atomic E-state index is 0.0678. The molecule has 5 heteroatoms. The average Bonchev–Trinajstić information content (AvgIpc) is 2.76. The fourth-order valence-corrected chi connectivity index (χ4v) is 2.87. The number of carboxylic acids is 1. The van der Waals surface area contributed by atoms with Gasteiger partial charge in [0.1, 0.15) is 6.04 Å². The summed E-state index contributed by atoms with van der Waals surface area (Å²) in [7, 11) is 0. The van der Waals surface area contributed by atoms with E-state index in [-0.39, 0.29) is 6.03 Å². The largest absolute Gasteiger partial charge is 0.480 e. The van der Waals surface area contributed by atoms with Gasteiger partial charge in [-0.15, -0.1) is 0 Å². The maximum absolute atomic E-state index is 12.4. The Kier molecular flexibility index (Phi) is 4.44. The highest BCUT2D eigenvalue weighted by Crippen LogP contribution is 2.20.